The van der Waals surface area contributed by atoms with Gasteiger partial charge in [0.1, 0.15) is 6.17 Å². The molecule has 0 saturated carbocycles. The molecule has 3 unspecified atom stereocenters. The summed E-state index contributed by atoms with van der Waals surface area (Å²) in [5, 5.41) is 3.50. The van der Waals surface area contributed by atoms with Gasteiger partial charge in [-0.3, -0.25) is 10.1 Å². The highest BCUT2D eigenvalue weighted by Crippen LogP contribution is 2.33. The first-order valence-corrected chi connectivity index (χ1v) is 8.57. The van der Waals surface area contributed by atoms with E-state index >= 15 is 0 Å². The molecule has 118 valence electrons. The van der Waals surface area contributed by atoms with Gasteiger partial charge in [0.25, 0.3) is 0 Å². The van der Waals surface area contributed by atoms with Gasteiger partial charge >= 0.3 is 0 Å². The summed E-state index contributed by atoms with van der Waals surface area (Å²) in [6, 6.07) is 4.32. The summed E-state index contributed by atoms with van der Waals surface area (Å²) in [7, 11) is 1.71. The summed E-state index contributed by atoms with van der Waals surface area (Å²) in [5.74, 6) is 0.212. The van der Waals surface area contributed by atoms with E-state index in [0.717, 1.165) is 19.3 Å². The molecule has 1 aromatic heterocycles. The Hall–Kier alpha value is -0.910. The lowest BCUT2D eigenvalue weighted by Crippen LogP contribution is -2.42. The highest BCUT2D eigenvalue weighted by molar-refractivity contribution is 7.12. The van der Waals surface area contributed by atoms with E-state index in [-0.39, 0.29) is 24.2 Å². The molecule has 0 aromatic carbocycles. The van der Waals surface area contributed by atoms with E-state index in [1.54, 1.807) is 18.4 Å². The molecular formula is C16H26N2O2S. The van der Waals surface area contributed by atoms with E-state index in [1.807, 2.05) is 4.90 Å². The molecule has 1 amide bonds. The quantitative estimate of drug-likeness (QED) is 0.841. The van der Waals surface area contributed by atoms with Crippen LogP contribution in [0.2, 0.25) is 0 Å². The number of nitrogens with zero attached hydrogens (tertiary/aromatic N) is 1. The molecule has 21 heavy (non-hydrogen) atoms. The number of methoxy groups -OCH3 is 1. The number of nitrogens with one attached hydrogen (secondary N) is 1. The van der Waals surface area contributed by atoms with Crippen molar-refractivity contribution in [2.45, 2.75) is 58.3 Å². The summed E-state index contributed by atoms with van der Waals surface area (Å²) in [6.45, 7) is 6.91. The summed E-state index contributed by atoms with van der Waals surface area (Å²) in [6.07, 6.45) is 2.83. The van der Waals surface area contributed by atoms with Crippen LogP contribution < -0.4 is 5.32 Å². The van der Waals surface area contributed by atoms with E-state index < -0.39 is 0 Å². The van der Waals surface area contributed by atoms with E-state index in [1.165, 1.54) is 9.75 Å². The third-order valence-electron chi connectivity index (χ3n) is 4.00. The second-order valence-electron chi connectivity index (χ2n) is 5.62. The fourth-order valence-corrected chi connectivity index (χ4v) is 3.92. The Morgan fingerprint density at radius 2 is 2.19 bits per heavy atom. The van der Waals surface area contributed by atoms with Crippen LogP contribution in [-0.2, 0) is 9.53 Å². The van der Waals surface area contributed by atoms with Crippen LogP contribution in [0.1, 0.15) is 49.0 Å². The fraction of sp³-hybridized carbons (Fsp3) is 0.688. The number of ether oxygens (including phenoxy) is 1. The predicted octanol–water partition coefficient (Wildman–Crippen LogP) is 3.08. The van der Waals surface area contributed by atoms with Crippen molar-refractivity contribution in [1.29, 1.82) is 0 Å². The zero-order chi connectivity index (χ0) is 15.4. The van der Waals surface area contributed by atoms with Crippen LogP contribution in [0.4, 0.5) is 0 Å². The molecule has 0 aliphatic carbocycles. The first-order chi connectivity index (χ1) is 10.1. The van der Waals surface area contributed by atoms with Gasteiger partial charge in [-0.15, -0.1) is 11.3 Å². The summed E-state index contributed by atoms with van der Waals surface area (Å²) in [5.41, 5.74) is 0. The minimum atomic E-state index is -0.0754. The van der Waals surface area contributed by atoms with Crippen molar-refractivity contribution in [2.24, 2.45) is 0 Å². The number of hydrogen-bond donors (Lipinski definition) is 1. The van der Waals surface area contributed by atoms with Crippen molar-refractivity contribution < 1.29 is 9.53 Å². The molecule has 0 bridgehead atoms. The van der Waals surface area contributed by atoms with Crippen molar-refractivity contribution >= 4 is 17.2 Å². The number of aryl methyl sites for hydroxylation is 1. The fourth-order valence-electron chi connectivity index (χ4n) is 2.98. The molecule has 1 saturated heterocycles. The maximum atomic E-state index is 12.7. The van der Waals surface area contributed by atoms with Crippen LogP contribution in [0.3, 0.4) is 0 Å². The molecule has 3 atom stereocenters. The van der Waals surface area contributed by atoms with Gasteiger partial charge in [0.15, 0.2) is 0 Å². The van der Waals surface area contributed by atoms with Crippen LogP contribution >= 0.6 is 11.3 Å². The van der Waals surface area contributed by atoms with Gasteiger partial charge in [-0.2, -0.15) is 0 Å². The van der Waals surface area contributed by atoms with Gasteiger partial charge in [-0.05, 0) is 31.9 Å². The molecule has 0 spiro atoms. The van der Waals surface area contributed by atoms with E-state index in [2.05, 4.69) is 38.2 Å². The summed E-state index contributed by atoms with van der Waals surface area (Å²) < 4.78 is 5.36. The number of hydrogen-bond acceptors (Lipinski definition) is 4. The molecule has 2 rings (SSSR count). The Bertz CT molecular complexity index is 469. The highest BCUT2D eigenvalue weighted by atomic mass is 32.1. The van der Waals surface area contributed by atoms with Crippen LogP contribution in [0.15, 0.2) is 12.1 Å². The van der Waals surface area contributed by atoms with Gasteiger partial charge in [0.05, 0.1) is 18.7 Å². The Labute approximate surface area is 131 Å². The van der Waals surface area contributed by atoms with Crippen LogP contribution in [-0.4, -0.2) is 36.6 Å². The Balaban J connectivity index is 2.29. The van der Waals surface area contributed by atoms with Crippen LogP contribution in [0.5, 0.6) is 0 Å². The SMILES string of the molecule is CCCC(COC)N1C(=O)C(CC)NC1c1ccc(C)s1. The van der Waals surface area contributed by atoms with Crippen molar-refractivity contribution in [1.82, 2.24) is 10.2 Å². The molecule has 1 fully saturated rings. The largest absolute Gasteiger partial charge is 0.383 e. The first-order valence-electron chi connectivity index (χ1n) is 7.75. The standard InChI is InChI=1S/C16H26N2O2S/c1-5-7-12(10-20-4)18-15(14-9-8-11(3)21-14)17-13(6-2)16(18)19/h8-9,12-13,15,17H,5-7,10H2,1-4H3. The van der Waals surface area contributed by atoms with E-state index in [4.69, 9.17) is 4.74 Å². The maximum absolute atomic E-state index is 12.7. The highest BCUT2D eigenvalue weighted by Gasteiger charge is 2.42. The molecule has 2 heterocycles. The van der Waals surface area contributed by atoms with Gasteiger partial charge in [0, 0.05) is 16.9 Å². The van der Waals surface area contributed by atoms with Gasteiger partial charge in [-0.1, -0.05) is 20.3 Å². The zero-order valence-electron chi connectivity index (χ0n) is 13.4. The third-order valence-corrected chi connectivity index (χ3v) is 5.06. The summed E-state index contributed by atoms with van der Waals surface area (Å²) in [4.78, 5) is 17.2. The molecular weight excluding hydrogens is 284 g/mol. The number of thiophene rings is 1. The Kier molecular flexibility index (Phi) is 5.79. The molecule has 1 aliphatic rings. The van der Waals surface area contributed by atoms with Crippen LogP contribution in [0, 0.1) is 6.92 Å². The number of carbonyl (C=O) groups is 1. The predicted molar refractivity (Wildman–Crippen MR) is 86.4 cm³/mol. The average Bonchev–Trinajstić information content (AvgIpc) is 3.02. The average molecular weight is 310 g/mol. The summed E-state index contributed by atoms with van der Waals surface area (Å²) >= 11 is 1.76. The lowest BCUT2D eigenvalue weighted by atomic mass is 10.1. The zero-order valence-corrected chi connectivity index (χ0v) is 14.2. The van der Waals surface area contributed by atoms with Crippen molar-refractivity contribution in [3.8, 4) is 0 Å². The monoisotopic (exact) mass is 310 g/mol. The number of amides is 1. The van der Waals surface area contributed by atoms with Crippen LogP contribution in [0.25, 0.3) is 0 Å². The van der Waals surface area contributed by atoms with E-state index in [9.17, 15) is 4.79 Å². The van der Waals surface area contributed by atoms with Crippen molar-refractivity contribution in [2.75, 3.05) is 13.7 Å². The van der Waals surface area contributed by atoms with Crippen molar-refractivity contribution in [3.63, 3.8) is 0 Å². The van der Waals surface area contributed by atoms with Gasteiger partial charge < -0.3 is 9.64 Å². The molecule has 0 radical (unpaired) electrons. The second kappa shape index (κ2) is 7.38. The maximum Gasteiger partial charge on any atom is 0.241 e. The van der Waals surface area contributed by atoms with Crippen molar-refractivity contribution in [3.05, 3.63) is 21.9 Å². The lowest BCUT2D eigenvalue weighted by Gasteiger charge is -2.32. The molecule has 5 heteroatoms. The van der Waals surface area contributed by atoms with E-state index in [0.29, 0.717) is 6.61 Å². The Morgan fingerprint density at radius 1 is 1.43 bits per heavy atom. The minimum absolute atomic E-state index is 0.00662. The van der Waals surface area contributed by atoms with Gasteiger partial charge in [-0.25, -0.2) is 0 Å². The molecule has 4 nitrogen and oxygen atoms in total. The second-order valence-corrected chi connectivity index (χ2v) is 6.94. The number of rotatable bonds is 7. The normalized spacial score (nSPS) is 23.8. The molecule has 1 aliphatic heterocycles. The minimum Gasteiger partial charge on any atom is -0.383 e. The molecule has 1 N–H and O–H groups in total. The molecule has 1 aromatic rings. The first kappa shape index (κ1) is 16.5. The third kappa shape index (κ3) is 3.47. The smallest absolute Gasteiger partial charge is 0.241 e. The number of carbonyl (C=O) groups excluding carboxylic acids is 1. The Morgan fingerprint density at radius 3 is 2.71 bits per heavy atom. The topological polar surface area (TPSA) is 41.6 Å². The lowest BCUT2D eigenvalue weighted by molar-refractivity contribution is -0.133. The van der Waals surface area contributed by atoms with Gasteiger partial charge in [0.2, 0.25) is 5.91 Å².